The number of pyridine rings is 1. The Labute approximate surface area is 102 Å². The first kappa shape index (κ1) is 11.0. The number of aromatic nitrogens is 1. The van der Waals surface area contributed by atoms with Gasteiger partial charge in [-0.3, -0.25) is 0 Å². The van der Waals surface area contributed by atoms with Crippen molar-refractivity contribution in [2.75, 3.05) is 19.8 Å². The minimum atomic E-state index is 0.562. The Hall–Kier alpha value is -1.09. The zero-order valence-corrected chi connectivity index (χ0v) is 10.1. The molecule has 0 amide bonds. The Kier molecular flexibility index (Phi) is 3.27. The average Bonchev–Trinajstić information content (AvgIpc) is 3.22. The van der Waals surface area contributed by atoms with Gasteiger partial charge in [-0.2, -0.15) is 0 Å². The predicted molar refractivity (Wildman–Crippen MR) is 65.3 cm³/mol. The van der Waals surface area contributed by atoms with Gasteiger partial charge in [-0.05, 0) is 43.6 Å². The third-order valence-corrected chi connectivity index (χ3v) is 3.61. The number of nitrogens with zero attached hydrogens (tertiary/aromatic N) is 1. The molecule has 1 aromatic rings. The highest BCUT2D eigenvalue weighted by molar-refractivity contribution is 5.29. The summed E-state index contributed by atoms with van der Waals surface area (Å²) in [5.41, 5.74) is 1.27. The molecular weight excluding hydrogens is 214 g/mol. The van der Waals surface area contributed by atoms with Gasteiger partial charge >= 0.3 is 0 Å². The normalized spacial score (nSPS) is 21.4. The highest BCUT2D eigenvalue weighted by Gasteiger charge is 2.24. The molecule has 2 heterocycles. The molecule has 2 fully saturated rings. The van der Waals surface area contributed by atoms with Crippen LogP contribution < -0.4 is 4.74 Å². The minimum absolute atomic E-state index is 0.562. The molecule has 3 rings (SSSR count). The molecule has 1 saturated heterocycles. The molecule has 0 N–H and O–H groups in total. The van der Waals surface area contributed by atoms with Crippen LogP contribution in [0.2, 0.25) is 0 Å². The van der Waals surface area contributed by atoms with Crippen LogP contribution >= 0.6 is 0 Å². The summed E-state index contributed by atoms with van der Waals surface area (Å²) in [6, 6.07) is 4.17. The summed E-state index contributed by atoms with van der Waals surface area (Å²) >= 11 is 0. The zero-order valence-electron chi connectivity index (χ0n) is 10.1. The van der Waals surface area contributed by atoms with Crippen LogP contribution in [-0.4, -0.2) is 24.8 Å². The Bertz CT molecular complexity index is 370. The van der Waals surface area contributed by atoms with Gasteiger partial charge < -0.3 is 9.47 Å². The molecule has 0 aromatic carbocycles. The van der Waals surface area contributed by atoms with E-state index in [1.54, 1.807) is 0 Å². The van der Waals surface area contributed by atoms with E-state index in [1.807, 2.05) is 12.3 Å². The lowest BCUT2D eigenvalue weighted by Crippen LogP contribution is -2.15. The number of hydrogen-bond donors (Lipinski definition) is 0. The molecule has 1 saturated carbocycles. The second kappa shape index (κ2) is 5.05. The van der Waals surface area contributed by atoms with Crippen molar-refractivity contribution in [1.29, 1.82) is 0 Å². The molecule has 1 aliphatic heterocycles. The highest BCUT2D eigenvalue weighted by atomic mass is 16.5. The lowest BCUT2D eigenvalue weighted by Gasteiger charge is -2.23. The van der Waals surface area contributed by atoms with E-state index in [4.69, 9.17) is 9.47 Å². The van der Waals surface area contributed by atoms with Crippen molar-refractivity contribution in [3.05, 3.63) is 23.9 Å². The largest absolute Gasteiger partial charge is 0.477 e. The summed E-state index contributed by atoms with van der Waals surface area (Å²) in [6.45, 7) is 2.57. The SMILES string of the molecule is c1cnc(OCC2CC2)c(C2CCOCC2)c1. The summed E-state index contributed by atoms with van der Waals surface area (Å²) in [7, 11) is 0. The quantitative estimate of drug-likeness (QED) is 0.801. The molecule has 3 nitrogen and oxygen atoms in total. The fourth-order valence-electron chi connectivity index (χ4n) is 2.32. The van der Waals surface area contributed by atoms with E-state index >= 15 is 0 Å². The van der Waals surface area contributed by atoms with Crippen molar-refractivity contribution in [3.63, 3.8) is 0 Å². The molecule has 0 radical (unpaired) electrons. The van der Waals surface area contributed by atoms with Crippen molar-refractivity contribution in [3.8, 4) is 5.88 Å². The Morgan fingerprint density at radius 1 is 1.24 bits per heavy atom. The third kappa shape index (κ3) is 2.78. The molecule has 0 atom stereocenters. The van der Waals surface area contributed by atoms with Gasteiger partial charge in [-0.25, -0.2) is 4.98 Å². The van der Waals surface area contributed by atoms with E-state index in [0.29, 0.717) is 5.92 Å². The lowest BCUT2D eigenvalue weighted by molar-refractivity contribution is 0.0844. The van der Waals surface area contributed by atoms with Gasteiger partial charge in [0.2, 0.25) is 5.88 Å². The van der Waals surface area contributed by atoms with Crippen LogP contribution in [0.1, 0.15) is 37.2 Å². The second-order valence-electron chi connectivity index (χ2n) is 5.04. The van der Waals surface area contributed by atoms with Crippen molar-refractivity contribution in [2.24, 2.45) is 5.92 Å². The van der Waals surface area contributed by atoms with Crippen LogP contribution in [0.3, 0.4) is 0 Å². The summed E-state index contributed by atoms with van der Waals surface area (Å²) in [5.74, 6) is 2.19. The van der Waals surface area contributed by atoms with E-state index in [9.17, 15) is 0 Å². The van der Waals surface area contributed by atoms with E-state index in [-0.39, 0.29) is 0 Å². The van der Waals surface area contributed by atoms with Gasteiger partial charge in [0.05, 0.1) is 6.61 Å². The van der Waals surface area contributed by atoms with Crippen LogP contribution in [-0.2, 0) is 4.74 Å². The fourth-order valence-corrected chi connectivity index (χ4v) is 2.32. The Balaban J connectivity index is 1.71. The molecule has 1 aliphatic carbocycles. The number of ether oxygens (including phenoxy) is 2. The topological polar surface area (TPSA) is 31.4 Å². The van der Waals surface area contributed by atoms with Crippen LogP contribution in [0.25, 0.3) is 0 Å². The molecule has 3 heteroatoms. The first-order valence-corrected chi connectivity index (χ1v) is 6.59. The van der Waals surface area contributed by atoms with Gasteiger partial charge in [0, 0.05) is 25.0 Å². The Morgan fingerprint density at radius 3 is 2.82 bits per heavy atom. The lowest BCUT2D eigenvalue weighted by atomic mass is 9.92. The van der Waals surface area contributed by atoms with Gasteiger partial charge in [0.1, 0.15) is 0 Å². The van der Waals surface area contributed by atoms with Gasteiger partial charge in [-0.15, -0.1) is 0 Å². The van der Waals surface area contributed by atoms with Crippen molar-refractivity contribution in [2.45, 2.75) is 31.6 Å². The van der Waals surface area contributed by atoms with Gasteiger partial charge in [0.15, 0.2) is 0 Å². The second-order valence-corrected chi connectivity index (χ2v) is 5.04. The van der Waals surface area contributed by atoms with Crippen molar-refractivity contribution in [1.82, 2.24) is 4.98 Å². The summed E-state index contributed by atoms with van der Waals surface area (Å²) in [4.78, 5) is 4.39. The molecule has 0 bridgehead atoms. The monoisotopic (exact) mass is 233 g/mol. The molecular formula is C14H19NO2. The van der Waals surface area contributed by atoms with Gasteiger partial charge in [-0.1, -0.05) is 6.07 Å². The molecule has 2 aliphatic rings. The zero-order chi connectivity index (χ0) is 11.5. The smallest absolute Gasteiger partial charge is 0.216 e. The highest BCUT2D eigenvalue weighted by Crippen LogP contribution is 2.34. The van der Waals surface area contributed by atoms with Crippen LogP contribution in [0.15, 0.2) is 18.3 Å². The number of hydrogen-bond acceptors (Lipinski definition) is 3. The maximum atomic E-state index is 5.86. The summed E-state index contributed by atoms with van der Waals surface area (Å²) in [5, 5.41) is 0. The first-order valence-electron chi connectivity index (χ1n) is 6.59. The maximum absolute atomic E-state index is 5.86. The third-order valence-electron chi connectivity index (χ3n) is 3.61. The molecule has 92 valence electrons. The van der Waals surface area contributed by atoms with Crippen molar-refractivity contribution < 1.29 is 9.47 Å². The summed E-state index contributed by atoms with van der Waals surface area (Å²) < 4.78 is 11.3. The molecule has 17 heavy (non-hydrogen) atoms. The molecule has 1 aromatic heterocycles. The fraction of sp³-hybridized carbons (Fsp3) is 0.643. The van der Waals surface area contributed by atoms with E-state index in [1.165, 1.54) is 18.4 Å². The van der Waals surface area contributed by atoms with Crippen molar-refractivity contribution >= 4 is 0 Å². The van der Waals surface area contributed by atoms with E-state index in [0.717, 1.165) is 44.5 Å². The van der Waals surface area contributed by atoms with Crippen LogP contribution in [0, 0.1) is 5.92 Å². The minimum Gasteiger partial charge on any atom is -0.477 e. The van der Waals surface area contributed by atoms with Crippen LogP contribution in [0.5, 0.6) is 5.88 Å². The maximum Gasteiger partial charge on any atom is 0.216 e. The molecule has 0 spiro atoms. The summed E-state index contributed by atoms with van der Waals surface area (Å²) in [6.07, 6.45) is 6.64. The average molecular weight is 233 g/mol. The standard InChI is InChI=1S/C14H19NO2/c1-2-13(12-5-8-16-9-6-12)14(15-7-1)17-10-11-3-4-11/h1-2,7,11-12H,3-6,8-10H2. The van der Waals surface area contributed by atoms with E-state index < -0.39 is 0 Å². The predicted octanol–water partition coefficient (Wildman–Crippen LogP) is 2.76. The Morgan fingerprint density at radius 2 is 2.06 bits per heavy atom. The first-order chi connectivity index (χ1) is 8.43. The number of rotatable bonds is 4. The van der Waals surface area contributed by atoms with Gasteiger partial charge in [0.25, 0.3) is 0 Å². The molecule has 0 unspecified atom stereocenters. The van der Waals surface area contributed by atoms with E-state index in [2.05, 4.69) is 11.1 Å². The van der Waals surface area contributed by atoms with Crippen LogP contribution in [0.4, 0.5) is 0 Å².